The van der Waals surface area contributed by atoms with E-state index in [0.29, 0.717) is 4.91 Å². The number of thioether (sulfide) groups is 1. The van der Waals surface area contributed by atoms with Gasteiger partial charge in [-0.05, 0) is 17.7 Å². The molecule has 0 aliphatic carbocycles. The number of nitro benzene ring substituents is 1. The Morgan fingerprint density at radius 1 is 1.12 bits per heavy atom. The monoisotopic (exact) mass is 468 g/mol. The van der Waals surface area contributed by atoms with Crippen LogP contribution in [0.15, 0.2) is 71.7 Å². The fourth-order valence-corrected chi connectivity index (χ4v) is 3.81. The lowest BCUT2D eigenvalue weighted by molar-refractivity contribution is -0.384. The maximum atomic E-state index is 12.5. The Morgan fingerprint density at radius 3 is 2.59 bits per heavy atom. The molecule has 0 unspecified atom stereocenters. The predicted octanol–water partition coefficient (Wildman–Crippen LogP) is 2.81. The normalized spacial score (nSPS) is 14.8. The Bertz CT molecular complexity index is 1150. The lowest BCUT2D eigenvalue weighted by atomic mass is 10.2. The fraction of sp³-hybridized carbons (Fsp3) is 0.0476. The molecular formula is C21H16N4O5S2. The molecule has 2 N–H and O–H groups in total. The smallest absolute Gasteiger partial charge is 0.270 e. The van der Waals surface area contributed by atoms with Gasteiger partial charge in [0.15, 0.2) is 0 Å². The summed E-state index contributed by atoms with van der Waals surface area (Å²) in [6.07, 6.45) is 5.18. The molecule has 2 aromatic carbocycles. The summed E-state index contributed by atoms with van der Waals surface area (Å²) in [5, 5.41) is 10.8. The number of amides is 3. The average molecular weight is 469 g/mol. The third-order valence-electron chi connectivity index (χ3n) is 4.15. The van der Waals surface area contributed by atoms with Crippen LogP contribution in [0.3, 0.4) is 0 Å². The molecule has 162 valence electrons. The van der Waals surface area contributed by atoms with Crippen molar-refractivity contribution in [2.45, 2.75) is 0 Å². The number of allylic oxidation sites excluding steroid dienone is 2. The molecule has 1 heterocycles. The molecule has 1 fully saturated rings. The van der Waals surface area contributed by atoms with E-state index in [0.717, 1.165) is 28.3 Å². The van der Waals surface area contributed by atoms with E-state index in [1.807, 2.05) is 36.4 Å². The molecule has 0 bridgehead atoms. The van der Waals surface area contributed by atoms with Gasteiger partial charge in [-0.3, -0.25) is 40.2 Å². The summed E-state index contributed by atoms with van der Waals surface area (Å²) in [6.45, 7) is -0.389. The number of hydrogen-bond acceptors (Lipinski definition) is 7. The highest BCUT2D eigenvalue weighted by Crippen LogP contribution is 2.30. The van der Waals surface area contributed by atoms with Crippen LogP contribution in [0.25, 0.3) is 6.08 Å². The van der Waals surface area contributed by atoms with Gasteiger partial charge in [-0.15, -0.1) is 0 Å². The van der Waals surface area contributed by atoms with Crippen LogP contribution in [0, 0.1) is 10.1 Å². The van der Waals surface area contributed by atoms with Crippen molar-refractivity contribution in [3.63, 3.8) is 0 Å². The number of hydrogen-bond donors (Lipinski definition) is 2. The van der Waals surface area contributed by atoms with Crippen LogP contribution < -0.4 is 10.9 Å². The van der Waals surface area contributed by atoms with E-state index in [-0.39, 0.29) is 22.1 Å². The Hall–Kier alpha value is -3.83. The number of nitro groups is 1. The van der Waals surface area contributed by atoms with E-state index in [2.05, 4.69) is 10.9 Å². The number of carbonyl (C=O) groups excluding carboxylic acids is 3. The maximum Gasteiger partial charge on any atom is 0.270 e. The number of thiocarbonyl (C=S) groups is 1. The molecule has 1 aliphatic rings. The van der Waals surface area contributed by atoms with Gasteiger partial charge in [0.1, 0.15) is 10.9 Å². The predicted molar refractivity (Wildman–Crippen MR) is 124 cm³/mol. The summed E-state index contributed by atoms with van der Waals surface area (Å²) in [4.78, 5) is 48.5. The number of carbonyl (C=O) groups is 3. The summed E-state index contributed by atoms with van der Waals surface area (Å²) < 4.78 is 0.217. The number of non-ortho nitro benzene ring substituents is 1. The van der Waals surface area contributed by atoms with Crippen molar-refractivity contribution in [2.75, 3.05) is 6.54 Å². The highest BCUT2D eigenvalue weighted by molar-refractivity contribution is 8.26. The summed E-state index contributed by atoms with van der Waals surface area (Å²) in [5.41, 5.74) is 5.04. The van der Waals surface area contributed by atoms with Crippen LogP contribution >= 0.6 is 24.0 Å². The minimum Gasteiger partial charge on any atom is -0.283 e. The molecule has 0 saturated carbocycles. The van der Waals surface area contributed by atoms with Gasteiger partial charge in [0.05, 0.1) is 9.83 Å². The summed E-state index contributed by atoms with van der Waals surface area (Å²) in [5.74, 6) is -1.84. The second-order valence-electron chi connectivity index (χ2n) is 6.37. The number of hydrazine groups is 1. The molecule has 3 amide bonds. The molecule has 0 radical (unpaired) electrons. The van der Waals surface area contributed by atoms with Crippen molar-refractivity contribution in [1.82, 2.24) is 15.8 Å². The SMILES string of the molecule is O=C(CN1C(=O)/C(=C/C=C/c2ccccc2)SC1=S)NNC(=O)c1cccc([N+](=O)[O-])c1. The van der Waals surface area contributed by atoms with Crippen molar-refractivity contribution >= 4 is 57.8 Å². The molecule has 0 aromatic heterocycles. The molecule has 1 aliphatic heterocycles. The quantitative estimate of drug-likeness (QED) is 0.289. The molecule has 32 heavy (non-hydrogen) atoms. The van der Waals surface area contributed by atoms with Gasteiger partial charge in [-0.1, -0.05) is 72.5 Å². The van der Waals surface area contributed by atoms with Gasteiger partial charge >= 0.3 is 0 Å². The second kappa shape index (κ2) is 10.5. The lowest BCUT2D eigenvalue weighted by Gasteiger charge is -2.14. The van der Waals surface area contributed by atoms with Gasteiger partial charge in [-0.25, -0.2) is 0 Å². The molecule has 2 aromatic rings. The van der Waals surface area contributed by atoms with Crippen molar-refractivity contribution in [2.24, 2.45) is 0 Å². The van der Waals surface area contributed by atoms with Gasteiger partial charge in [0.25, 0.3) is 23.4 Å². The van der Waals surface area contributed by atoms with Crippen molar-refractivity contribution in [3.05, 3.63) is 92.9 Å². The van der Waals surface area contributed by atoms with E-state index < -0.39 is 22.6 Å². The van der Waals surface area contributed by atoms with Gasteiger partial charge in [-0.2, -0.15) is 0 Å². The van der Waals surface area contributed by atoms with Crippen LogP contribution in [0.2, 0.25) is 0 Å². The molecule has 11 heteroatoms. The van der Waals surface area contributed by atoms with Crippen LogP contribution in [0.1, 0.15) is 15.9 Å². The Morgan fingerprint density at radius 2 is 1.88 bits per heavy atom. The zero-order chi connectivity index (χ0) is 23.1. The minimum atomic E-state index is -0.738. The van der Waals surface area contributed by atoms with Crippen LogP contribution in [0.5, 0.6) is 0 Å². The first-order chi connectivity index (χ1) is 15.3. The summed E-state index contributed by atoms with van der Waals surface area (Å²) in [7, 11) is 0. The highest BCUT2D eigenvalue weighted by atomic mass is 32.2. The standard InChI is InChI=1S/C21H16N4O5S2/c26-18(22-23-19(27)15-9-5-10-16(12-15)25(29)30)13-24-20(28)17(32-21(24)31)11-4-8-14-6-2-1-3-7-14/h1-12H,13H2,(H,22,26)(H,23,27)/b8-4+,17-11-. The van der Waals surface area contributed by atoms with Gasteiger partial charge in [0.2, 0.25) is 0 Å². The highest BCUT2D eigenvalue weighted by Gasteiger charge is 2.33. The third-order valence-corrected chi connectivity index (χ3v) is 5.54. The average Bonchev–Trinajstić information content (AvgIpc) is 3.05. The molecule has 1 saturated heterocycles. The van der Waals surface area contributed by atoms with Crippen molar-refractivity contribution < 1.29 is 19.3 Å². The van der Waals surface area contributed by atoms with E-state index in [9.17, 15) is 24.5 Å². The van der Waals surface area contributed by atoms with E-state index in [4.69, 9.17) is 12.2 Å². The minimum absolute atomic E-state index is 0.00162. The van der Waals surface area contributed by atoms with E-state index in [1.54, 1.807) is 12.2 Å². The molecular weight excluding hydrogens is 452 g/mol. The first-order valence-corrected chi connectivity index (χ1v) is 10.4. The maximum absolute atomic E-state index is 12.5. The largest absolute Gasteiger partial charge is 0.283 e. The molecule has 0 spiro atoms. The van der Waals surface area contributed by atoms with Gasteiger partial charge in [0, 0.05) is 17.7 Å². The Kier molecular flexibility index (Phi) is 7.47. The molecule has 0 atom stereocenters. The second-order valence-corrected chi connectivity index (χ2v) is 8.05. The molecule has 3 rings (SSSR count). The van der Waals surface area contributed by atoms with Crippen LogP contribution in [-0.2, 0) is 9.59 Å². The van der Waals surface area contributed by atoms with E-state index >= 15 is 0 Å². The zero-order valence-electron chi connectivity index (χ0n) is 16.4. The van der Waals surface area contributed by atoms with Crippen LogP contribution in [0.4, 0.5) is 5.69 Å². The Balaban J connectivity index is 1.55. The van der Waals surface area contributed by atoms with E-state index in [1.165, 1.54) is 18.2 Å². The van der Waals surface area contributed by atoms with Gasteiger partial charge < -0.3 is 0 Å². The third kappa shape index (κ3) is 5.86. The number of rotatable bonds is 6. The summed E-state index contributed by atoms with van der Waals surface area (Å²) in [6, 6.07) is 14.6. The number of benzene rings is 2. The van der Waals surface area contributed by atoms with Crippen LogP contribution in [-0.4, -0.2) is 38.4 Å². The van der Waals surface area contributed by atoms with Crippen molar-refractivity contribution in [3.8, 4) is 0 Å². The lowest BCUT2D eigenvalue weighted by Crippen LogP contribution is -2.47. The summed E-state index contributed by atoms with van der Waals surface area (Å²) >= 11 is 6.25. The first-order valence-electron chi connectivity index (χ1n) is 9.16. The fourth-order valence-electron chi connectivity index (χ4n) is 2.60. The number of nitrogens with one attached hydrogen (secondary N) is 2. The topological polar surface area (TPSA) is 122 Å². The zero-order valence-corrected chi connectivity index (χ0v) is 18.0. The van der Waals surface area contributed by atoms with Crippen molar-refractivity contribution in [1.29, 1.82) is 0 Å². The molecule has 9 nitrogen and oxygen atoms in total. The number of nitrogens with zero attached hydrogens (tertiary/aromatic N) is 2. The Labute approximate surface area is 192 Å². The first kappa shape index (κ1) is 22.8.